The zero-order valence-corrected chi connectivity index (χ0v) is 17.0. The molecular formula is C22H38O4. The highest BCUT2D eigenvalue weighted by Gasteiger charge is 2.06. The lowest BCUT2D eigenvalue weighted by Crippen LogP contribution is -1.94. The molecule has 4 nitrogen and oxygen atoms in total. The topological polar surface area (TPSA) is 47.9 Å². The summed E-state index contributed by atoms with van der Waals surface area (Å²) in [5, 5.41) is 14.1. The minimum absolute atomic E-state index is 0.449. The Hall–Kier alpha value is -1.36. The molecule has 0 aliphatic rings. The molecule has 0 heterocycles. The van der Waals surface area contributed by atoms with Crippen molar-refractivity contribution in [1.29, 1.82) is 0 Å². The molecule has 0 saturated carbocycles. The van der Waals surface area contributed by atoms with E-state index in [0.29, 0.717) is 19.0 Å². The van der Waals surface area contributed by atoms with Crippen LogP contribution in [-0.4, -0.2) is 18.3 Å². The normalized spacial score (nSPS) is 10.3. The third-order valence-electron chi connectivity index (χ3n) is 3.97. The van der Waals surface area contributed by atoms with Gasteiger partial charge < -0.3 is 5.11 Å². The highest BCUT2D eigenvalue weighted by Crippen LogP contribution is 2.24. The third kappa shape index (κ3) is 12.9. The number of hydrogen-bond donors (Lipinski definition) is 1. The Morgan fingerprint density at radius 1 is 0.923 bits per heavy atom. The van der Waals surface area contributed by atoms with Crippen LogP contribution in [0.5, 0.6) is 5.75 Å². The van der Waals surface area contributed by atoms with E-state index in [0.717, 1.165) is 18.4 Å². The van der Waals surface area contributed by atoms with Gasteiger partial charge in [0.05, 0.1) is 13.2 Å². The van der Waals surface area contributed by atoms with Crippen molar-refractivity contribution in [2.45, 2.75) is 78.6 Å². The summed E-state index contributed by atoms with van der Waals surface area (Å²) in [5.74, 6) is 0.449. The van der Waals surface area contributed by atoms with Crippen molar-refractivity contribution in [2.24, 2.45) is 0 Å². The van der Waals surface area contributed by atoms with Crippen molar-refractivity contribution >= 4 is 0 Å². The summed E-state index contributed by atoms with van der Waals surface area (Å²) in [4.78, 5) is 8.70. The first-order valence-electron chi connectivity index (χ1n) is 10.0. The minimum Gasteiger partial charge on any atom is -0.508 e. The molecule has 0 aliphatic carbocycles. The molecule has 1 N–H and O–H groups in total. The van der Waals surface area contributed by atoms with Gasteiger partial charge >= 0.3 is 0 Å². The summed E-state index contributed by atoms with van der Waals surface area (Å²) in [6, 6.07) is 5.81. The molecule has 1 aromatic rings. The molecule has 26 heavy (non-hydrogen) atoms. The van der Waals surface area contributed by atoms with Gasteiger partial charge in [0, 0.05) is 0 Å². The molecule has 0 atom stereocenters. The van der Waals surface area contributed by atoms with Crippen molar-refractivity contribution in [1.82, 2.24) is 0 Å². The van der Waals surface area contributed by atoms with Crippen LogP contribution >= 0.6 is 0 Å². The predicted molar refractivity (Wildman–Crippen MR) is 108 cm³/mol. The lowest BCUT2D eigenvalue weighted by atomic mass is 9.97. The average molecular weight is 367 g/mol. The van der Waals surface area contributed by atoms with Crippen LogP contribution in [0.2, 0.25) is 0 Å². The Bertz CT molecular complexity index is 442. The number of phenols is 1. The van der Waals surface area contributed by atoms with Gasteiger partial charge in [-0.2, -0.15) is 0 Å². The van der Waals surface area contributed by atoms with Crippen LogP contribution in [0.4, 0.5) is 0 Å². The number of rotatable bonds is 14. The molecule has 0 spiro atoms. The fourth-order valence-corrected chi connectivity index (χ4v) is 2.65. The Balaban J connectivity index is 0.000000758. The molecule has 1 aromatic carbocycles. The summed E-state index contributed by atoms with van der Waals surface area (Å²) in [6.45, 7) is 10.7. The first-order valence-corrected chi connectivity index (χ1v) is 10.0. The Morgan fingerprint density at radius 3 is 2.12 bits per heavy atom. The first kappa shape index (κ1) is 24.6. The van der Waals surface area contributed by atoms with Crippen molar-refractivity contribution < 1.29 is 19.9 Å². The number of phenolic OH excluding ortho intramolecular Hbond substituents is 1. The van der Waals surface area contributed by atoms with Gasteiger partial charge in [-0.15, -0.1) is 6.58 Å². The molecule has 0 fully saturated rings. The average Bonchev–Trinajstić information content (AvgIpc) is 2.64. The highest BCUT2D eigenvalue weighted by molar-refractivity contribution is 5.40. The quantitative estimate of drug-likeness (QED) is 0.181. The SMILES string of the molecule is C=CCc1cccc(O)c1CCCCCCCCC.CCOOOCC. The van der Waals surface area contributed by atoms with E-state index in [9.17, 15) is 5.11 Å². The number of aromatic hydroxyl groups is 1. The zero-order chi connectivity index (χ0) is 19.5. The van der Waals surface area contributed by atoms with Gasteiger partial charge in [0.15, 0.2) is 0 Å². The predicted octanol–water partition coefficient (Wildman–Crippen LogP) is 6.32. The summed E-state index contributed by atoms with van der Waals surface area (Å²) < 4.78 is 0. The van der Waals surface area contributed by atoms with E-state index in [-0.39, 0.29) is 0 Å². The van der Waals surface area contributed by atoms with Crippen LogP contribution in [0.15, 0.2) is 30.9 Å². The second kappa shape index (κ2) is 18.4. The van der Waals surface area contributed by atoms with Crippen molar-refractivity contribution in [3.63, 3.8) is 0 Å². The lowest BCUT2D eigenvalue weighted by molar-refractivity contribution is -0.509. The van der Waals surface area contributed by atoms with Gasteiger partial charge in [-0.25, -0.2) is 9.78 Å². The smallest absolute Gasteiger partial charge is 0.119 e. The van der Waals surface area contributed by atoms with Crippen molar-refractivity contribution in [3.05, 3.63) is 42.0 Å². The second-order valence-corrected chi connectivity index (χ2v) is 6.16. The molecule has 0 saturated heterocycles. The number of hydrogen-bond acceptors (Lipinski definition) is 4. The maximum atomic E-state index is 9.96. The van der Waals surface area contributed by atoms with Gasteiger partial charge in [-0.05, 0) is 50.3 Å². The highest BCUT2D eigenvalue weighted by atomic mass is 17.5. The molecule has 0 unspecified atom stereocenters. The maximum absolute atomic E-state index is 9.96. The zero-order valence-electron chi connectivity index (χ0n) is 17.0. The second-order valence-electron chi connectivity index (χ2n) is 6.16. The number of unbranched alkanes of at least 4 members (excludes halogenated alkanes) is 6. The minimum atomic E-state index is 0.449. The molecule has 4 heteroatoms. The molecule has 0 aromatic heterocycles. The summed E-state index contributed by atoms with van der Waals surface area (Å²) in [6.07, 6.45) is 12.9. The molecule has 1 rings (SSSR count). The number of allylic oxidation sites excluding steroid dienone is 1. The molecule has 0 aliphatic heterocycles. The van der Waals surface area contributed by atoms with Gasteiger partial charge in [-0.1, -0.05) is 68.7 Å². The Labute approximate surface area is 160 Å². The van der Waals surface area contributed by atoms with Crippen LogP contribution in [0.3, 0.4) is 0 Å². The van der Waals surface area contributed by atoms with Crippen molar-refractivity contribution in [2.75, 3.05) is 13.2 Å². The van der Waals surface area contributed by atoms with E-state index >= 15 is 0 Å². The van der Waals surface area contributed by atoms with Gasteiger partial charge in [0.25, 0.3) is 0 Å². The molecule has 150 valence electrons. The van der Waals surface area contributed by atoms with Crippen LogP contribution < -0.4 is 0 Å². The Morgan fingerprint density at radius 2 is 1.54 bits per heavy atom. The lowest BCUT2D eigenvalue weighted by Gasteiger charge is -2.10. The fourth-order valence-electron chi connectivity index (χ4n) is 2.65. The largest absolute Gasteiger partial charge is 0.508 e. The van der Waals surface area contributed by atoms with E-state index in [1.54, 1.807) is 6.07 Å². The van der Waals surface area contributed by atoms with E-state index in [2.05, 4.69) is 34.4 Å². The van der Waals surface area contributed by atoms with Gasteiger partial charge in [0.2, 0.25) is 0 Å². The van der Waals surface area contributed by atoms with Crippen LogP contribution in [0.1, 0.15) is 76.8 Å². The van der Waals surface area contributed by atoms with E-state index < -0.39 is 0 Å². The summed E-state index contributed by atoms with van der Waals surface area (Å²) in [5.41, 5.74) is 2.34. The molecule has 0 radical (unpaired) electrons. The number of benzene rings is 1. The molecular weight excluding hydrogens is 328 g/mol. The Kier molecular flexibility index (Phi) is 17.5. The van der Waals surface area contributed by atoms with Crippen LogP contribution in [0.25, 0.3) is 0 Å². The summed E-state index contributed by atoms with van der Waals surface area (Å²) >= 11 is 0. The maximum Gasteiger partial charge on any atom is 0.119 e. The van der Waals surface area contributed by atoms with E-state index in [1.165, 1.54) is 50.5 Å². The van der Waals surface area contributed by atoms with Gasteiger partial charge in [-0.3, -0.25) is 0 Å². The van der Waals surface area contributed by atoms with Crippen molar-refractivity contribution in [3.8, 4) is 5.75 Å². The van der Waals surface area contributed by atoms with E-state index in [4.69, 9.17) is 0 Å². The monoisotopic (exact) mass is 366 g/mol. The molecule has 0 amide bonds. The summed E-state index contributed by atoms with van der Waals surface area (Å²) in [7, 11) is 0. The van der Waals surface area contributed by atoms with E-state index in [1.807, 2.05) is 26.0 Å². The van der Waals surface area contributed by atoms with Crippen LogP contribution in [-0.2, 0) is 27.7 Å². The first-order chi connectivity index (χ1) is 12.7. The molecule has 0 bridgehead atoms. The third-order valence-corrected chi connectivity index (χ3v) is 3.97. The standard InChI is InChI=1S/C18H28O.C4H10O3/c1-3-5-6-7-8-9-10-14-17-16(12-4-2)13-11-15-18(17)19;1-3-5-7-6-4-2/h4,11,13,15,19H,2-3,5-10,12,14H2,1H3;3-4H2,1-2H3. The fraction of sp³-hybridized carbons (Fsp3) is 0.636. The van der Waals surface area contributed by atoms with Crippen LogP contribution in [0, 0.1) is 0 Å². The van der Waals surface area contributed by atoms with Gasteiger partial charge in [0.1, 0.15) is 5.75 Å².